The van der Waals surface area contributed by atoms with Crippen LogP contribution in [0, 0.1) is 16.9 Å². The smallest absolute Gasteiger partial charge is 0.201 e. The molecule has 4 nitrogen and oxygen atoms in total. The first-order valence-corrected chi connectivity index (χ1v) is 8.28. The summed E-state index contributed by atoms with van der Waals surface area (Å²) in [6, 6.07) is 0. The molecule has 124 valence electrons. The number of nitrogens with zero attached hydrogens (tertiary/aromatic N) is 1. The zero-order chi connectivity index (χ0) is 14.9. The highest BCUT2D eigenvalue weighted by molar-refractivity contribution is 8.93. The van der Waals surface area contributed by atoms with Gasteiger partial charge >= 0.3 is 0 Å². The molecule has 0 saturated carbocycles. The molecule has 0 bridgehead atoms. The number of rotatable bonds is 13. The predicted molar refractivity (Wildman–Crippen MR) is 95.9 cm³/mol. The molecule has 0 spiro atoms. The van der Waals surface area contributed by atoms with Crippen molar-refractivity contribution in [2.75, 3.05) is 6.54 Å². The molecule has 0 aliphatic rings. The van der Waals surface area contributed by atoms with Gasteiger partial charge in [0.1, 0.15) is 0 Å². The zero-order valence-electron chi connectivity index (χ0n) is 13.5. The van der Waals surface area contributed by atoms with Crippen LogP contribution in [0.25, 0.3) is 0 Å². The van der Waals surface area contributed by atoms with Crippen LogP contribution in [0.3, 0.4) is 0 Å². The summed E-state index contributed by atoms with van der Waals surface area (Å²) >= 11 is 0. The Morgan fingerprint density at radius 1 is 0.857 bits per heavy atom. The van der Waals surface area contributed by atoms with Crippen LogP contribution in [0.4, 0.5) is 0 Å². The van der Waals surface area contributed by atoms with Crippen molar-refractivity contribution in [3.8, 4) is 6.19 Å². The van der Waals surface area contributed by atoms with Crippen molar-refractivity contribution in [3.63, 3.8) is 0 Å². The average Bonchev–Trinajstić information content (AvgIpc) is 2.44. The van der Waals surface area contributed by atoms with Crippen LogP contribution in [0.5, 0.6) is 0 Å². The lowest BCUT2D eigenvalue weighted by Crippen LogP contribution is -2.33. The third-order valence-electron chi connectivity index (χ3n) is 3.51. The van der Waals surface area contributed by atoms with Gasteiger partial charge in [-0.1, -0.05) is 77.6 Å². The maximum absolute atomic E-state index is 8.30. The lowest BCUT2D eigenvalue weighted by Gasteiger charge is -2.05. The molecule has 3 N–H and O–H groups in total. The van der Waals surface area contributed by atoms with E-state index in [1.165, 1.54) is 70.6 Å². The second-order valence-electron chi connectivity index (χ2n) is 5.43. The Balaban J connectivity index is 0. The summed E-state index contributed by atoms with van der Waals surface area (Å²) < 4.78 is 0. The number of nitrogens with one attached hydrogen (secondary N) is 3. The van der Waals surface area contributed by atoms with E-state index in [1.54, 1.807) is 6.19 Å². The maximum Gasteiger partial charge on any atom is 0.201 e. The van der Waals surface area contributed by atoms with E-state index in [4.69, 9.17) is 10.7 Å². The van der Waals surface area contributed by atoms with Crippen LogP contribution in [0.15, 0.2) is 0 Å². The molecule has 0 rings (SSSR count). The van der Waals surface area contributed by atoms with Gasteiger partial charge in [-0.2, -0.15) is 5.26 Å². The minimum Gasteiger partial charge on any atom is -0.356 e. The second kappa shape index (κ2) is 19.2. The van der Waals surface area contributed by atoms with Crippen molar-refractivity contribution in [2.45, 2.75) is 84.0 Å². The highest BCUT2D eigenvalue weighted by atomic mass is 79.9. The molecule has 0 aromatic rings. The number of guanidine groups is 1. The third kappa shape index (κ3) is 19.2. The molecular formula is C16H33BrN4. The number of hydrogen-bond donors (Lipinski definition) is 3. The van der Waals surface area contributed by atoms with Gasteiger partial charge in [-0.3, -0.25) is 10.7 Å². The fraction of sp³-hybridized carbons (Fsp3) is 0.875. The summed E-state index contributed by atoms with van der Waals surface area (Å²) in [6.45, 7) is 3.05. The van der Waals surface area contributed by atoms with Crippen LogP contribution in [-0.2, 0) is 0 Å². The third-order valence-corrected chi connectivity index (χ3v) is 3.51. The van der Waals surface area contributed by atoms with Crippen molar-refractivity contribution in [3.05, 3.63) is 0 Å². The average molecular weight is 361 g/mol. The number of nitriles is 1. The van der Waals surface area contributed by atoms with E-state index in [2.05, 4.69) is 17.6 Å². The van der Waals surface area contributed by atoms with Gasteiger partial charge in [0.15, 0.2) is 6.19 Å². The summed E-state index contributed by atoms with van der Waals surface area (Å²) in [7, 11) is 0. The Morgan fingerprint density at radius 3 is 1.71 bits per heavy atom. The van der Waals surface area contributed by atoms with E-state index >= 15 is 0 Å². The van der Waals surface area contributed by atoms with Crippen molar-refractivity contribution >= 4 is 22.9 Å². The van der Waals surface area contributed by atoms with Gasteiger partial charge in [0.2, 0.25) is 5.96 Å². The van der Waals surface area contributed by atoms with Crippen LogP contribution in [0.2, 0.25) is 0 Å². The van der Waals surface area contributed by atoms with E-state index in [0.717, 1.165) is 13.0 Å². The first-order valence-electron chi connectivity index (χ1n) is 8.28. The molecular weight excluding hydrogens is 328 g/mol. The molecule has 0 heterocycles. The lowest BCUT2D eigenvalue weighted by atomic mass is 10.1. The monoisotopic (exact) mass is 360 g/mol. The Labute approximate surface area is 141 Å². The molecule has 0 radical (unpaired) electrons. The summed E-state index contributed by atoms with van der Waals surface area (Å²) in [5.41, 5.74) is 0. The van der Waals surface area contributed by atoms with Gasteiger partial charge in [0, 0.05) is 6.54 Å². The van der Waals surface area contributed by atoms with Gasteiger partial charge in [0.05, 0.1) is 0 Å². The zero-order valence-corrected chi connectivity index (χ0v) is 15.3. The van der Waals surface area contributed by atoms with Crippen molar-refractivity contribution in [1.82, 2.24) is 10.6 Å². The van der Waals surface area contributed by atoms with Crippen LogP contribution in [0.1, 0.15) is 84.0 Å². The fourth-order valence-corrected chi connectivity index (χ4v) is 2.28. The molecule has 0 fully saturated rings. The Kier molecular flexibility index (Phi) is 20.6. The first kappa shape index (κ1) is 22.5. The second-order valence-corrected chi connectivity index (χ2v) is 5.43. The highest BCUT2D eigenvalue weighted by Crippen LogP contribution is 2.11. The normalized spacial score (nSPS) is 9.52. The van der Waals surface area contributed by atoms with Crippen molar-refractivity contribution in [1.29, 1.82) is 10.7 Å². The first-order chi connectivity index (χ1) is 9.81. The largest absolute Gasteiger partial charge is 0.356 e. The molecule has 5 heteroatoms. The van der Waals surface area contributed by atoms with E-state index in [9.17, 15) is 0 Å². The van der Waals surface area contributed by atoms with Crippen molar-refractivity contribution < 1.29 is 0 Å². The van der Waals surface area contributed by atoms with Crippen LogP contribution < -0.4 is 10.6 Å². The number of unbranched alkanes of at least 4 members (excludes halogenated alkanes) is 11. The molecule has 0 saturated heterocycles. The summed E-state index contributed by atoms with van der Waals surface area (Å²) in [4.78, 5) is 0. The molecule has 0 aromatic carbocycles. The van der Waals surface area contributed by atoms with Gasteiger partial charge in [-0.05, 0) is 6.42 Å². The van der Waals surface area contributed by atoms with Crippen LogP contribution >= 0.6 is 17.0 Å². The van der Waals surface area contributed by atoms with Crippen LogP contribution in [-0.4, -0.2) is 12.5 Å². The van der Waals surface area contributed by atoms with Gasteiger partial charge < -0.3 is 5.32 Å². The number of halogens is 1. The molecule has 0 aliphatic carbocycles. The molecule has 0 aromatic heterocycles. The van der Waals surface area contributed by atoms with E-state index in [-0.39, 0.29) is 22.9 Å². The highest BCUT2D eigenvalue weighted by Gasteiger charge is 1.95. The summed E-state index contributed by atoms with van der Waals surface area (Å²) in [5, 5.41) is 20.7. The maximum atomic E-state index is 8.30. The molecule has 21 heavy (non-hydrogen) atoms. The molecule has 0 unspecified atom stereocenters. The summed E-state index contributed by atoms with van der Waals surface area (Å²) in [5.74, 6) is 0.107. The summed E-state index contributed by atoms with van der Waals surface area (Å²) in [6.07, 6.45) is 17.8. The SMILES string of the molecule is Br.CCCCCCCCCCCCCCNC(=N)NC#N. The van der Waals surface area contributed by atoms with E-state index < -0.39 is 0 Å². The standard InChI is InChI=1S/C16H32N4.BrH/c1-2-3-4-5-6-7-8-9-10-11-12-13-14-19-16(18)20-15-17;/h2-14H2,1H3,(H3,18,19,20);1H. The van der Waals surface area contributed by atoms with Gasteiger partial charge in [-0.25, -0.2) is 0 Å². The van der Waals surface area contributed by atoms with Gasteiger partial charge in [0.25, 0.3) is 0 Å². The van der Waals surface area contributed by atoms with Crippen molar-refractivity contribution in [2.24, 2.45) is 0 Å². The van der Waals surface area contributed by atoms with E-state index in [0.29, 0.717) is 0 Å². The Morgan fingerprint density at radius 2 is 1.29 bits per heavy atom. The Hall–Kier alpha value is -0.760. The topological polar surface area (TPSA) is 71.7 Å². The minimum atomic E-state index is 0. The molecule has 0 atom stereocenters. The number of hydrogen-bond acceptors (Lipinski definition) is 2. The van der Waals surface area contributed by atoms with Gasteiger partial charge in [-0.15, -0.1) is 17.0 Å². The minimum absolute atomic E-state index is 0. The lowest BCUT2D eigenvalue weighted by molar-refractivity contribution is 0.543. The predicted octanol–water partition coefficient (Wildman–Crippen LogP) is 4.86. The van der Waals surface area contributed by atoms with E-state index in [1.807, 2.05) is 0 Å². The fourth-order valence-electron chi connectivity index (χ4n) is 2.28. The molecule has 0 amide bonds. The molecule has 0 aliphatic heterocycles. The Bertz CT molecular complexity index is 263. The quantitative estimate of drug-likeness (QED) is 0.144.